The molecule has 1 aromatic heterocycles. The molecule has 1 N–H and O–H groups in total. The second-order valence-corrected chi connectivity index (χ2v) is 5.23. The van der Waals surface area contributed by atoms with E-state index < -0.39 is 0 Å². The molecule has 0 saturated heterocycles. The lowest BCUT2D eigenvalue weighted by molar-refractivity contribution is 0.341. The molecular formula is C17H16ClN3O2. The van der Waals surface area contributed by atoms with E-state index in [1.54, 1.807) is 12.1 Å². The summed E-state index contributed by atoms with van der Waals surface area (Å²) in [5.74, 6) is 1.77. The molecule has 0 spiro atoms. The summed E-state index contributed by atoms with van der Waals surface area (Å²) in [7, 11) is 0. The van der Waals surface area contributed by atoms with Crippen molar-refractivity contribution >= 4 is 17.3 Å². The highest BCUT2D eigenvalue weighted by molar-refractivity contribution is 6.30. The summed E-state index contributed by atoms with van der Waals surface area (Å²) in [6.45, 7) is 2.98. The Bertz CT molecular complexity index is 772. The fraction of sp³-hybridized carbons (Fsp3) is 0.176. The van der Waals surface area contributed by atoms with Crippen LogP contribution in [0.2, 0.25) is 5.02 Å². The van der Waals surface area contributed by atoms with E-state index in [0.717, 1.165) is 17.0 Å². The van der Waals surface area contributed by atoms with E-state index in [-0.39, 0.29) is 0 Å². The minimum Gasteiger partial charge on any atom is -0.492 e. The fourth-order valence-electron chi connectivity index (χ4n) is 2.10. The Balaban J connectivity index is 1.69. The number of aromatic nitrogens is 2. The third-order valence-corrected chi connectivity index (χ3v) is 3.43. The molecule has 0 saturated carbocycles. The molecule has 23 heavy (non-hydrogen) atoms. The molecular weight excluding hydrogens is 314 g/mol. The molecule has 0 amide bonds. The number of hydrogen-bond acceptors (Lipinski definition) is 5. The van der Waals surface area contributed by atoms with Crippen LogP contribution in [0.4, 0.5) is 5.69 Å². The Morgan fingerprint density at radius 1 is 1.09 bits per heavy atom. The number of nitrogens with zero attached hydrogens (tertiary/aromatic N) is 2. The number of anilines is 1. The Labute approximate surface area is 139 Å². The van der Waals surface area contributed by atoms with Crippen LogP contribution in [-0.2, 0) is 6.54 Å². The lowest BCUT2D eigenvalue weighted by Gasteiger charge is -2.10. The number of halogens is 1. The number of benzene rings is 2. The van der Waals surface area contributed by atoms with E-state index in [1.807, 2.05) is 43.3 Å². The molecule has 0 unspecified atom stereocenters. The van der Waals surface area contributed by atoms with Gasteiger partial charge in [-0.2, -0.15) is 0 Å². The Morgan fingerprint density at radius 2 is 1.87 bits per heavy atom. The van der Waals surface area contributed by atoms with E-state index in [2.05, 4.69) is 15.5 Å². The number of para-hydroxylation sites is 2. The molecule has 0 aliphatic carbocycles. The van der Waals surface area contributed by atoms with Crippen LogP contribution in [0.1, 0.15) is 12.8 Å². The van der Waals surface area contributed by atoms with Crippen LogP contribution < -0.4 is 10.1 Å². The highest BCUT2D eigenvalue weighted by Crippen LogP contribution is 2.25. The number of ether oxygens (including phenoxy) is 1. The topological polar surface area (TPSA) is 60.2 Å². The van der Waals surface area contributed by atoms with Crippen molar-refractivity contribution in [3.63, 3.8) is 0 Å². The average molecular weight is 330 g/mol. The van der Waals surface area contributed by atoms with Gasteiger partial charge in [-0.25, -0.2) is 0 Å². The second kappa shape index (κ2) is 7.15. The van der Waals surface area contributed by atoms with Gasteiger partial charge in [-0.05, 0) is 43.3 Å². The van der Waals surface area contributed by atoms with Crippen LogP contribution in [0.5, 0.6) is 5.75 Å². The minimum absolute atomic E-state index is 0.421. The summed E-state index contributed by atoms with van der Waals surface area (Å²) in [5.41, 5.74) is 1.73. The molecule has 0 fully saturated rings. The molecule has 5 nitrogen and oxygen atoms in total. The highest BCUT2D eigenvalue weighted by Gasteiger charge is 2.09. The zero-order valence-corrected chi connectivity index (χ0v) is 13.4. The molecule has 3 aromatic rings. The summed E-state index contributed by atoms with van der Waals surface area (Å²) in [4.78, 5) is 0. The summed E-state index contributed by atoms with van der Waals surface area (Å²) in [6.07, 6.45) is 0. The van der Waals surface area contributed by atoms with Crippen molar-refractivity contribution in [2.75, 3.05) is 11.9 Å². The highest BCUT2D eigenvalue weighted by atomic mass is 35.5. The predicted molar refractivity (Wildman–Crippen MR) is 89.7 cm³/mol. The maximum atomic E-state index is 5.87. The monoisotopic (exact) mass is 329 g/mol. The summed E-state index contributed by atoms with van der Waals surface area (Å²) < 4.78 is 11.2. The lowest BCUT2D eigenvalue weighted by atomic mass is 10.2. The van der Waals surface area contributed by atoms with Crippen LogP contribution in [0.25, 0.3) is 11.5 Å². The number of rotatable bonds is 6. The van der Waals surface area contributed by atoms with Crippen molar-refractivity contribution in [2.45, 2.75) is 13.5 Å². The molecule has 0 atom stereocenters. The van der Waals surface area contributed by atoms with Crippen LogP contribution in [0.15, 0.2) is 52.9 Å². The number of nitrogens with one attached hydrogen (secondary N) is 1. The van der Waals surface area contributed by atoms with E-state index >= 15 is 0 Å². The molecule has 6 heteroatoms. The van der Waals surface area contributed by atoms with Crippen LogP contribution in [-0.4, -0.2) is 16.8 Å². The van der Waals surface area contributed by atoms with Gasteiger partial charge >= 0.3 is 0 Å². The van der Waals surface area contributed by atoms with Gasteiger partial charge in [-0.3, -0.25) is 0 Å². The maximum Gasteiger partial charge on any atom is 0.247 e. The summed E-state index contributed by atoms with van der Waals surface area (Å²) in [6, 6.07) is 15.0. The van der Waals surface area contributed by atoms with E-state index in [0.29, 0.717) is 30.0 Å². The molecule has 2 aromatic carbocycles. The molecule has 0 aliphatic rings. The maximum absolute atomic E-state index is 5.87. The van der Waals surface area contributed by atoms with E-state index in [1.165, 1.54) is 0 Å². The van der Waals surface area contributed by atoms with Crippen LogP contribution >= 0.6 is 11.6 Å². The summed E-state index contributed by atoms with van der Waals surface area (Å²) in [5, 5.41) is 12.0. The van der Waals surface area contributed by atoms with E-state index in [9.17, 15) is 0 Å². The van der Waals surface area contributed by atoms with Gasteiger partial charge in [0, 0.05) is 10.6 Å². The molecule has 0 bridgehead atoms. The first-order valence-electron chi connectivity index (χ1n) is 7.30. The fourth-order valence-corrected chi connectivity index (χ4v) is 2.23. The van der Waals surface area contributed by atoms with E-state index in [4.69, 9.17) is 20.8 Å². The third-order valence-electron chi connectivity index (χ3n) is 3.17. The largest absolute Gasteiger partial charge is 0.492 e. The third kappa shape index (κ3) is 3.81. The average Bonchev–Trinajstić information content (AvgIpc) is 3.04. The van der Waals surface area contributed by atoms with Crippen LogP contribution in [0, 0.1) is 0 Å². The van der Waals surface area contributed by atoms with Crippen molar-refractivity contribution in [3.05, 3.63) is 59.4 Å². The zero-order chi connectivity index (χ0) is 16.1. The Morgan fingerprint density at radius 3 is 2.65 bits per heavy atom. The summed E-state index contributed by atoms with van der Waals surface area (Å²) >= 11 is 5.87. The first-order chi connectivity index (χ1) is 11.3. The van der Waals surface area contributed by atoms with Crippen LogP contribution in [0.3, 0.4) is 0 Å². The normalized spacial score (nSPS) is 10.5. The molecule has 3 rings (SSSR count). The van der Waals surface area contributed by atoms with Crippen molar-refractivity contribution in [3.8, 4) is 17.2 Å². The van der Waals surface area contributed by atoms with Crippen molar-refractivity contribution in [1.82, 2.24) is 10.2 Å². The quantitative estimate of drug-likeness (QED) is 0.726. The Kier molecular flexibility index (Phi) is 4.78. The SMILES string of the molecule is CCOc1ccccc1NCc1nnc(-c2ccc(Cl)cc2)o1. The smallest absolute Gasteiger partial charge is 0.247 e. The van der Waals surface area contributed by atoms with Gasteiger partial charge in [0.15, 0.2) is 0 Å². The first-order valence-corrected chi connectivity index (χ1v) is 7.68. The standard InChI is InChI=1S/C17H16ClN3O2/c1-2-22-15-6-4-3-5-14(15)19-11-16-20-21-17(23-16)12-7-9-13(18)10-8-12/h3-10,19H,2,11H2,1H3. The van der Waals surface area contributed by atoms with Gasteiger partial charge in [-0.1, -0.05) is 23.7 Å². The first kappa shape index (κ1) is 15.4. The zero-order valence-electron chi connectivity index (χ0n) is 12.6. The van der Waals surface area contributed by atoms with Gasteiger partial charge in [-0.15, -0.1) is 10.2 Å². The molecule has 0 aliphatic heterocycles. The van der Waals surface area contributed by atoms with Gasteiger partial charge in [0.05, 0.1) is 18.8 Å². The number of hydrogen-bond donors (Lipinski definition) is 1. The van der Waals surface area contributed by atoms with Gasteiger partial charge < -0.3 is 14.5 Å². The predicted octanol–water partition coefficient (Wildman–Crippen LogP) is 4.40. The van der Waals surface area contributed by atoms with Crippen molar-refractivity contribution in [1.29, 1.82) is 0 Å². The second-order valence-electron chi connectivity index (χ2n) is 4.79. The Hall–Kier alpha value is -2.53. The molecule has 118 valence electrons. The van der Waals surface area contributed by atoms with Crippen molar-refractivity contribution in [2.24, 2.45) is 0 Å². The van der Waals surface area contributed by atoms with Gasteiger partial charge in [0.2, 0.25) is 11.8 Å². The van der Waals surface area contributed by atoms with Gasteiger partial charge in [0.1, 0.15) is 5.75 Å². The lowest BCUT2D eigenvalue weighted by Crippen LogP contribution is -2.02. The van der Waals surface area contributed by atoms with Crippen molar-refractivity contribution < 1.29 is 9.15 Å². The molecule has 0 radical (unpaired) electrons. The molecule has 1 heterocycles. The minimum atomic E-state index is 0.421. The van der Waals surface area contributed by atoms with Gasteiger partial charge in [0.25, 0.3) is 0 Å².